The van der Waals surface area contributed by atoms with Gasteiger partial charge in [-0.15, -0.1) is 0 Å². The van der Waals surface area contributed by atoms with Crippen LogP contribution in [0.3, 0.4) is 0 Å². The van der Waals surface area contributed by atoms with E-state index in [1.54, 1.807) is 6.26 Å². The third-order valence-electron chi connectivity index (χ3n) is 5.15. The van der Waals surface area contributed by atoms with E-state index in [0.717, 1.165) is 29.1 Å². The minimum atomic E-state index is 0. The van der Waals surface area contributed by atoms with Gasteiger partial charge in [-0.3, -0.25) is 0 Å². The fourth-order valence-corrected chi connectivity index (χ4v) is 3.08. The Bertz CT molecular complexity index is 588. The van der Waals surface area contributed by atoms with Crippen LogP contribution < -0.4 is 0 Å². The molecule has 162 valence electrons. The number of hydrogen-bond donors (Lipinski definition) is 0. The molecule has 1 aliphatic heterocycles. The molecule has 3 rings (SSSR count). The summed E-state index contributed by atoms with van der Waals surface area (Å²) in [5.41, 5.74) is 0. The molecule has 0 aliphatic carbocycles. The molecule has 3 heterocycles. The van der Waals surface area contributed by atoms with E-state index in [1.807, 2.05) is 31.2 Å². The van der Waals surface area contributed by atoms with Gasteiger partial charge < -0.3 is 13.7 Å². The van der Waals surface area contributed by atoms with Crippen molar-refractivity contribution in [3.05, 3.63) is 47.8 Å². The quantitative estimate of drug-likeness (QED) is 0.536. The SMILES string of the molecule is C.CC(C)C1CCN(C)CC1.CC(C)c1ccco1.Cc1ccc(C(C)C)o1. The molecule has 3 heteroatoms. The zero-order valence-corrected chi connectivity index (χ0v) is 18.8. The van der Waals surface area contributed by atoms with Gasteiger partial charge in [0, 0.05) is 11.8 Å². The van der Waals surface area contributed by atoms with E-state index in [9.17, 15) is 0 Å². The number of piperidine rings is 1. The lowest BCUT2D eigenvalue weighted by Gasteiger charge is -2.31. The predicted molar refractivity (Wildman–Crippen MR) is 122 cm³/mol. The molecule has 0 amide bonds. The van der Waals surface area contributed by atoms with Crippen LogP contribution in [0, 0.1) is 18.8 Å². The second-order valence-corrected chi connectivity index (χ2v) is 8.66. The Hall–Kier alpha value is -1.48. The van der Waals surface area contributed by atoms with Gasteiger partial charge in [0.05, 0.1) is 6.26 Å². The molecule has 0 N–H and O–H groups in total. The maximum Gasteiger partial charge on any atom is 0.106 e. The molecule has 0 saturated carbocycles. The van der Waals surface area contributed by atoms with Crippen LogP contribution in [0.2, 0.25) is 0 Å². The topological polar surface area (TPSA) is 29.5 Å². The lowest BCUT2D eigenvalue weighted by atomic mass is 9.87. The van der Waals surface area contributed by atoms with E-state index in [0.29, 0.717) is 11.8 Å². The minimum Gasteiger partial charge on any atom is -0.469 e. The normalized spacial score (nSPS) is 15.0. The standard InChI is InChI=1S/C9H19N.C8H12O.C7H10O.CH4/c1-8(2)9-4-6-10(3)7-5-9;1-6(2)8-5-4-7(3)9-8;1-6(2)7-4-3-5-8-7;/h8-9H,4-7H2,1-3H3;4-6H,1-3H3;3-6H,1-2H3;1H4. The first-order chi connectivity index (χ1) is 12.7. The van der Waals surface area contributed by atoms with Crippen LogP contribution in [-0.2, 0) is 0 Å². The molecular weight excluding hydrogens is 346 g/mol. The van der Waals surface area contributed by atoms with Crippen molar-refractivity contribution in [3.8, 4) is 0 Å². The first-order valence-corrected chi connectivity index (χ1v) is 10.5. The fraction of sp³-hybridized carbons (Fsp3) is 0.680. The van der Waals surface area contributed by atoms with Crippen molar-refractivity contribution in [3.63, 3.8) is 0 Å². The van der Waals surface area contributed by atoms with Gasteiger partial charge in [0.2, 0.25) is 0 Å². The summed E-state index contributed by atoms with van der Waals surface area (Å²) in [6.45, 7) is 17.7. The van der Waals surface area contributed by atoms with Gasteiger partial charge >= 0.3 is 0 Å². The number of nitrogens with zero attached hydrogens (tertiary/aromatic N) is 1. The van der Waals surface area contributed by atoms with E-state index >= 15 is 0 Å². The van der Waals surface area contributed by atoms with Gasteiger partial charge in [0.25, 0.3) is 0 Å². The molecule has 2 aromatic rings. The highest BCUT2D eigenvalue weighted by molar-refractivity contribution is 5.08. The molecule has 28 heavy (non-hydrogen) atoms. The predicted octanol–water partition coefficient (Wildman–Crippen LogP) is 7.73. The van der Waals surface area contributed by atoms with Crippen molar-refractivity contribution >= 4 is 0 Å². The highest BCUT2D eigenvalue weighted by atomic mass is 16.3. The number of rotatable bonds is 3. The van der Waals surface area contributed by atoms with Crippen LogP contribution in [0.1, 0.15) is 90.9 Å². The first kappa shape index (κ1) is 26.5. The van der Waals surface area contributed by atoms with Crippen LogP contribution in [-0.4, -0.2) is 25.0 Å². The van der Waals surface area contributed by atoms with Crippen molar-refractivity contribution in [2.75, 3.05) is 20.1 Å². The first-order valence-electron chi connectivity index (χ1n) is 10.5. The number of likely N-dealkylation sites (tertiary alicyclic amines) is 1. The summed E-state index contributed by atoms with van der Waals surface area (Å²) >= 11 is 0. The van der Waals surface area contributed by atoms with Crippen molar-refractivity contribution in [2.45, 2.75) is 80.6 Å². The molecule has 2 aromatic heterocycles. The Morgan fingerprint density at radius 1 is 0.893 bits per heavy atom. The van der Waals surface area contributed by atoms with Crippen LogP contribution in [0.4, 0.5) is 0 Å². The third kappa shape index (κ3) is 10.2. The zero-order chi connectivity index (χ0) is 20.4. The molecule has 1 fully saturated rings. The van der Waals surface area contributed by atoms with E-state index in [4.69, 9.17) is 8.83 Å². The molecule has 1 aliphatic rings. The van der Waals surface area contributed by atoms with Crippen molar-refractivity contribution in [1.82, 2.24) is 4.90 Å². The van der Waals surface area contributed by atoms with Crippen molar-refractivity contribution in [2.24, 2.45) is 11.8 Å². The second-order valence-electron chi connectivity index (χ2n) is 8.66. The summed E-state index contributed by atoms with van der Waals surface area (Å²) < 4.78 is 10.4. The largest absolute Gasteiger partial charge is 0.469 e. The molecule has 0 unspecified atom stereocenters. The van der Waals surface area contributed by atoms with Gasteiger partial charge in [-0.05, 0) is 76.0 Å². The molecule has 0 spiro atoms. The average Bonchev–Trinajstić information content (AvgIpc) is 3.28. The second kappa shape index (κ2) is 13.7. The molecule has 3 nitrogen and oxygen atoms in total. The smallest absolute Gasteiger partial charge is 0.106 e. The monoisotopic (exact) mass is 391 g/mol. The van der Waals surface area contributed by atoms with Gasteiger partial charge in [-0.2, -0.15) is 0 Å². The maximum absolute atomic E-state index is 5.34. The number of aryl methyl sites for hydroxylation is 1. The van der Waals surface area contributed by atoms with E-state index in [-0.39, 0.29) is 7.43 Å². The van der Waals surface area contributed by atoms with Crippen molar-refractivity contribution in [1.29, 1.82) is 0 Å². The molecule has 0 aromatic carbocycles. The van der Waals surface area contributed by atoms with E-state index in [1.165, 1.54) is 25.9 Å². The van der Waals surface area contributed by atoms with Crippen LogP contribution >= 0.6 is 0 Å². The third-order valence-corrected chi connectivity index (χ3v) is 5.15. The highest BCUT2D eigenvalue weighted by Gasteiger charge is 2.18. The van der Waals surface area contributed by atoms with Crippen LogP contribution in [0.5, 0.6) is 0 Å². The Morgan fingerprint density at radius 2 is 1.46 bits per heavy atom. The summed E-state index contributed by atoms with van der Waals surface area (Å²) in [4.78, 5) is 2.43. The summed E-state index contributed by atoms with van der Waals surface area (Å²) in [6.07, 6.45) is 4.53. The Kier molecular flexibility index (Phi) is 12.9. The van der Waals surface area contributed by atoms with E-state index < -0.39 is 0 Å². The van der Waals surface area contributed by atoms with E-state index in [2.05, 4.69) is 53.5 Å². The molecule has 0 atom stereocenters. The van der Waals surface area contributed by atoms with Gasteiger partial charge in [0.15, 0.2) is 0 Å². The lowest BCUT2D eigenvalue weighted by Crippen LogP contribution is -2.32. The molecule has 0 radical (unpaired) electrons. The average molecular weight is 392 g/mol. The number of hydrogen-bond acceptors (Lipinski definition) is 3. The summed E-state index contributed by atoms with van der Waals surface area (Å²) in [7, 11) is 2.22. The fourth-order valence-electron chi connectivity index (χ4n) is 3.08. The molecular formula is C25H45NO2. The summed E-state index contributed by atoms with van der Waals surface area (Å²) in [5, 5.41) is 0. The minimum absolute atomic E-state index is 0. The molecule has 1 saturated heterocycles. The van der Waals surface area contributed by atoms with Gasteiger partial charge in [-0.25, -0.2) is 0 Å². The Labute approximate surface area is 174 Å². The van der Waals surface area contributed by atoms with Gasteiger partial charge in [0.1, 0.15) is 17.3 Å². The van der Waals surface area contributed by atoms with Gasteiger partial charge in [-0.1, -0.05) is 49.0 Å². The Balaban J connectivity index is 0.000000386. The van der Waals surface area contributed by atoms with Crippen LogP contribution in [0.25, 0.3) is 0 Å². The lowest BCUT2D eigenvalue weighted by molar-refractivity contribution is 0.185. The number of furan rings is 2. The maximum atomic E-state index is 5.34. The van der Waals surface area contributed by atoms with Crippen LogP contribution in [0.15, 0.2) is 39.4 Å². The molecule has 0 bridgehead atoms. The Morgan fingerprint density at radius 3 is 1.75 bits per heavy atom. The summed E-state index contributed by atoms with van der Waals surface area (Å²) in [6, 6.07) is 7.93. The zero-order valence-electron chi connectivity index (χ0n) is 18.8. The highest BCUT2D eigenvalue weighted by Crippen LogP contribution is 2.23. The van der Waals surface area contributed by atoms with Crippen molar-refractivity contribution < 1.29 is 8.83 Å². The summed E-state index contributed by atoms with van der Waals surface area (Å²) in [5.74, 6) is 6.06.